The lowest BCUT2D eigenvalue weighted by atomic mass is 10.1. The second-order valence-electron chi connectivity index (χ2n) is 7.18. The molecule has 0 fully saturated rings. The summed E-state index contributed by atoms with van der Waals surface area (Å²) in [6.07, 6.45) is 1.16. The van der Waals surface area contributed by atoms with Crippen LogP contribution < -0.4 is 5.32 Å². The van der Waals surface area contributed by atoms with Crippen LogP contribution in [0.25, 0.3) is 16.4 Å². The van der Waals surface area contributed by atoms with Gasteiger partial charge in [0.2, 0.25) is 11.0 Å². The Morgan fingerprint density at radius 3 is 2.57 bits per heavy atom. The first kappa shape index (κ1) is 20.0. The number of nitrogens with one attached hydrogen (secondary N) is 1. The summed E-state index contributed by atoms with van der Waals surface area (Å²) in [6.45, 7) is 6.02. The second kappa shape index (κ2) is 8.63. The highest BCUT2D eigenvalue weighted by molar-refractivity contribution is 7.12. The molecule has 0 aliphatic heterocycles. The van der Waals surface area contributed by atoms with Crippen LogP contribution >= 0.6 is 11.3 Å². The number of hydrogen-bond donors (Lipinski definition) is 1. The largest absolute Gasteiger partial charge is 0.326 e. The SMILES string of the molecule is CCc1ccccc1NC(=O)Cc1c(C)nn(-c2nc(-c3ccccc3)cs2)c1C. The molecule has 6 heteroatoms. The molecule has 0 spiro atoms. The van der Waals surface area contributed by atoms with Gasteiger partial charge in [-0.25, -0.2) is 9.67 Å². The minimum Gasteiger partial charge on any atom is -0.326 e. The van der Waals surface area contributed by atoms with Crippen LogP contribution in [0.15, 0.2) is 60.0 Å². The van der Waals surface area contributed by atoms with Gasteiger partial charge in [-0.15, -0.1) is 11.3 Å². The van der Waals surface area contributed by atoms with Gasteiger partial charge in [-0.2, -0.15) is 5.10 Å². The highest BCUT2D eigenvalue weighted by Gasteiger charge is 2.18. The number of benzene rings is 2. The van der Waals surface area contributed by atoms with Crippen LogP contribution in [0, 0.1) is 13.8 Å². The first-order chi connectivity index (χ1) is 14.6. The van der Waals surface area contributed by atoms with E-state index >= 15 is 0 Å². The summed E-state index contributed by atoms with van der Waals surface area (Å²) >= 11 is 1.55. The molecule has 0 saturated carbocycles. The highest BCUT2D eigenvalue weighted by Crippen LogP contribution is 2.26. The lowest BCUT2D eigenvalue weighted by Crippen LogP contribution is -2.16. The number of carbonyl (C=O) groups is 1. The molecule has 0 bridgehead atoms. The van der Waals surface area contributed by atoms with E-state index in [1.807, 2.05) is 78.5 Å². The molecule has 0 radical (unpaired) electrons. The minimum atomic E-state index is -0.0363. The van der Waals surface area contributed by atoms with Crippen molar-refractivity contribution in [2.75, 3.05) is 5.32 Å². The standard InChI is InChI=1S/C24H24N4OS/c1-4-18-10-8-9-13-21(18)25-23(29)14-20-16(2)27-28(17(20)3)24-26-22(15-30-24)19-11-6-5-7-12-19/h5-13,15H,4,14H2,1-3H3,(H,25,29). The topological polar surface area (TPSA) is 59.8 Å². The Bertz CT molecular complexity index is 1180. The summed E-state index contributed by atoms with van der Waals surface area (Å²) in [7, 11) is 0. The maximum atomic E-state index is 12.7. The lowest BCUT2D eigenvalue weighted by Gasteiger charge is -2.10. The Hall–Kier alpha value is -3.25. The summed E-state index contributed by atoms with van der Waals surface area (Å²) < 4.78 is 1.84. The fourth-order valence-electron chi connectivity index (χ4n) is 3.53. The van der Waals surface area contributed by atoms with Gasteiger partial charge >= 0.3 is 0 Å². The van der Waals surface area contributed by atoms with Crippen molar-refractivity contribution >= 4 is 22.9 Å². The first-order valence-electron chi connectivity index (χ1n) is 10.0. The van der Waals surface area contributed by atoms with Crippen LogP contribution in [-0.2, 0) is 17.6 Å². The molecule has 152 valence electrons. The van der Waals surface area contributed by atoms with Gasteiger partial charge in [0, 0.05) is 27.9 Å². The van der Waals surface area contributed by atoms with Crippen molar-refractivity contribution in [2.24, 2.45) is 0 Å². The van der Waals surface area contributed by atoms with Crippen molar-refractivity contribution in [1.82, 2.24) is 14.8 Å². The van der Waals surface area contributed by atoms with E-state index in [1.165, 1.54) is 0 Å². The van der Waals surface area contributed by atoms with Crippen LogP contribution in [0.4, 0.5) is 5.69 Å². The number of carbonyl (C=O) groups excluding carboxylic acids is 1. The fraction of sp³-hybridized carbons (Fsp3) is 0.208. The molecule has 2 aromatic heterocycles. The van der Waals surface area contributed by atoms with Gasteiger partial charge in [-0.05, 0) is 31.9 Å². The quantitative estimate of drug-likeness (QED) is 0.460. The summed E-state index contributed by atoms with van der Waals surface area (Å²) in [5, 5.41) is 10.6. The number of aromatic nitrogens is 3. The van der Waals surface area contributed by atoms with Gasteiger partial charge in [0.05, 0.1) is 17.8 Å². The molecule has 0 atom stereocenters. The molecule has 1 N–H and O–H groups in total. The number of aryl methyl sites for hydroxylation is 2. The fourth-order valence-corrected chi connectivity index (χ4v) is 4.36. The molecular weight excluding hydrogens is 392 g/mol. The van der Waals surface area contributed by atoms with E-state index in [1.54, 1.807) is 11.3 Å². The van der Waals surface area contributed by atoms with E-state index in [4.69, 9.17) is 4.98 Å². The van der Waals surface area contributed by atoms with E-state index in [2.05, 4.69) is 17.3 Å². The summed E-state index contributed by atoms with van der Waals surface area (Å²) in [4.78, 5) is 17.5. The van der Waals surface area contributed by atoms with Crippen LogP contribution in [0.2, 0.25) is 0 Å². The van der Waals surface area contributed by atoms with Crippen molar-refractivity contribution in [3.05, 3.63) is 82.5 Å². The van der Waals surface area contributed by atoms with E-state index in [0.717, 1.165) is 51.0 Å². The van der Waals surface area contributed by atoms with Gasteiger partial charge in [-0.3, -0.25) is 4.79 Å². The molecular formula is C24H24N4OS. The number of amides is 1. The molecule has 2 heterocycles. The summed E-state index contributed by atoms with van der Waals surface area (Å²) in [6, 6.07) is 18.0. The van der Waals surface area contributed by atoms with E-state index < -0.39 is 0 Å². The van der Waals surface area contributed by atoms with Crippen molar-refractivity contribution in [3.8, 4) is 16.4 Å². The number of hydrogen-bond acceptors (Lipinski definition) is 4. The Labute approximate surface area is 180 Å². The molecule has 4 aromatic rings. The molecule has 0 unspecified atom stereocenters. The molecule has 1 amide bonds. The van der Waals surface area contributed by atoms with Crippen LogP contribution in [0.3, 0.4) is 0 Å². The average molecular weight is 417 g/mol. The highest BCUT2D eigenvalue weighted by atomic mass is 32.1. The van der Waals surface area contributed by atoms with Crippen molar-refractivity contribution in [1.29, 1.82) is 0 Å². The second-order valence-corrected chi connectivity index (χ2v) is 8.01. The Kier molecular flexibility index (Phi) is 5.77. The third kappa shape index (κ3) is 4.04. The third-order valence-corrected chi connectivity index (χ3v) is 6.01. The maximum Gasteiger partial charge on any atom is 0.228 e. The molecule has 30 heavy (non-hydrogen) atoms. The van der Waals surface area contributed by atoms with Crippen molar-refractivity contribution in [2.45, 2.75) is 33.6 Å². The first-order valence-corrected chi connectivity index (χ1v) is 10.9. The molecule has 0 saturated heterocycles. The smallest absolute Gasteiger partial charge is 0.228 e. The van der Waals surface area contributed by atoms with Gasteiger partial charge in [0.25, 0.3) is 0 Å². The zero-order valence-electron chi connectivity index (χ0n) is 17.3. The number of anilines is 1. The van der Waals surface area contributed by atoms with Gasteiger partial charge in [0.1, 0.15) is 0 Å². The zero-order valence-corrected chi connectivity index (χ0v) is 18.2. The Morgan fingerprint density at radius 1 is 1.07 bits per heavy atom. The molecule has 5 nitrogen and oxygen atoms in total. The van der Waals surface area contributed by atoms with E-state index in [-0.39, 0.29) is 12.3 Å². The number of thiazole rings is 1. The molecule has 4 rings (SSSR count). The van der Waals surface area contributed by atoms with Crippen molar-refractivity contribution < 1.29 is 4.79 Å². The molecule has 0 aliphatic carbocycles. The van der Waals surface area contributed by atoms with Gasteiger partial charge in [0.15, 0.2) is 0 Å². The minimum absolute atomic E-state index is 0.0363. The van der Waals surface area contributed by atoms with E-state index in [0.29, 0.717) is 0 Å². The van der Waals surface area contributed by atoms with Crippen LogP contribution in [-0.4, -0.2) is 20.7 Å². The van der Waals surface area contributed by atoms with Gasteiger partial charge < -0.3 is 5.32 Å². The normalized spacial score (nSPS) is 10.9. The average Bonchev–Trinajstić information content (AvgIpc) is 3.35. The molecule has 0 aliphatic rings. The monoisotopic (exact) mass is 416 g/mol. The number of nitrogens with zero attached hydrogens (tertiary/aromatic N) is 3. The number of rotatable bonds is 6. The Balaban J connectivity index is 1.55. The Morgan fingerprint density at radius 2 is 1.80 bits per heavy atom. The summed E-state index contributed by atoms with van der Waals surface area (Å²) in [5.41, 5.74) is 6.75. The predicted molar refractivity (Wildman–Crippen MR) is 122 cm³/mol. The van der Waals surface area contributed by atoms with Crippen LogP contribution in [0.5, 0.6) is 0 Å². The van der Waals surface area contributed by atoms with E-state index in [9.17, 15) is 4.79 Å². The zero-order chi connectivity index (χ0) is 21.1. The summed E-state index contributed by atoms with van der Waals surface area (Å²) in [5.74, 6) is -0.0363. The third-order valence-electron chi connectivity index (χ3n) is 5.19. The lowest BCUT2D eigenvalue weighted by molar-refractivity contribution is -0.115. The van der Waals surface area contributed by atoms with Crippen molar-refractivity contribution in [3.63, 3.8) is 0 Å². The predicted octanol–water partition coefficient (Wildman–Crippen LogP) is 5.36. The number of para-hydroxylation sites is 1. The molecule has 2 aromatic carbocycles. The van der Waals surface area contributed by atoms with Crippen LogP contribution in [0.1, 0.15) is 29.4 Å². The van der Waals surface area contributed by atoms with Gasteiger partial charge in [-0.1, -0.05) is 55.5 Å². The maximum absolute atomic E-state index is 12.7.